The second kappa shape index (κ2) is 9.84. The van der Waals surface area contributed by atoms with Crippen LogP contribution in [0.5, 0.6) is 11.5 Å². The number of Topliss-reactive ketones (excluding diaryl/α,β-unsaturated/α-hetero) is 1. The number of methoxy groups -OCH3 is 1. The molecule has 1 aliphatic rings. The van der Waals surface area contributed by atoms with Crippen LogP contribution in [-0.2, 0) is 4.79 Å². The zero-order chi connectivity index (χ0) is 28.1. The van der Waals surface area contributed by atoms with Crippen LogP contribution in [0.2, 0.25) is 0 Å². The third-order valence-corrected chi connectivity index (χ3v) is 7.93. The summed E-state index contributed by atoms with van der Waals surface area (Å²) in [4.78, 5) is 33.8. The van der Waals surface area contributed by atoms with Crippen LogP contribution >= 0.6 is 11.3 Å². The van der Waals surface area contributed by atoms with Gasteiger partial charge in [0.25, 0.3) is 5.91 Å². The van der Waals surface area contributed by atoms with Gasteiger partial charge in [0, 0.05) is 5.39 Å². The zero-order valence-electron chi connectivity index (χ0n) is 22.3. The molecule has 2 aromatic heterocycles. The predicted molar refractivity (Wildman–Crippen MR) is 154 cm³/mol. The van der Waals surface area contributed by atoms with Crippen molar-refractivity contribution in [3.8, 4) is 11.5 Å². The number of ether oxygens (including phenoxy) is 2. The van der Waals surface area contributed by atoms with Gasteiger partial charge < -0.3 is 19.0 Å². The highest BCUT2D eigenvalue weighted by Crippen LogP contribution is 2.46. The molecule has 1 atom stereocenters. The number of para-hydroxylation sites is 1. The lowest BCUT2D eigenvalue weighted by Gasteiger charge is -2.25. The Morgan fingerprint density at radius 2 is 1.90 bits per heavy atom. The summed E-state index contributed by atoms with van der Waals surface area (Å²) in [5.74, 6) is -0.966. The number of aryl methyl sites for hydroxylation is 2. The first-order valence-electron chi connectivity index (χ1n) is 12.8. The molecule has 5 aromatic rings. The number of aliphatic hydroxyl groups excluding tert-OH is 1. The average Bonchev–Trinajstić information content (AvgIpc) is 3.63. The summed E-state index contributed by atoms with van der Waals surface area (Å²) in [6.45, 7) is 6.27. The topological polar surface area (TPSA) is 102 Å². The van der Waals surface area contributed by atoms with Crippen molar-refractivity contribution in [3.05, 3.63) is 94.4 Å². The van der Waals surface area contributed by atoms with E-state index in [-0.39, 0.29) is 11.3 Å². The molecular weight excluding hydrogens is 528 g/mol. The molecule has 3 aromatic carbocycles. The molecular formula is C31H26N2O6S. The molecule has 8 nitrogen and oxygen atoms in total. The normalized spacial score (nSPS) is 15.4. The molecule has 0 radical (unpaired) electrons. The maximum atomic E-state index is 14.0. The van der Waals surface area contributed by atoms with Crippen LogP contribution in [0, 0.1) is 13.8 Å². The fourth-order valence-electron chi connectivity index (χ4n) is 5.17. The minimum Gasteiger partial charge on any atom is -0.503 e. The van der Waals surface area contributed by atoms with Gasteiger partial charge in [-0.1, -0.05) is 41.7 Å². The summed E-state index contributed by atoms with van der Waals surface area (Å²) in [6.07, 6.45) is 0. The van der Waals surface area contributed by atoms with Crippen LogP contribution in [0.4, 0.5) is 5.13 Å². The number of carbonyl (C=O) groups excluding carboxylic acids is 2. The van der Waals surface area contributed by atoms with Crippen LogP contribution in [0.25, 0.3) is 21.2 Å². The number of nitrogens with zero attached hydrogens (tertiary/aromatic N) is 2. The highest BCUT2D eigenvalue weighted by Gasteiger charge is 2.47. The summed E-state index contributed by atoms with van der Waals surface area (Å²) < 4.78 is 18.0. The number of furan rings is 1. The van der Waals surface area contributed by atoms with E-state index in [4.69, 9.17) is 18.9 Å². The summed E-state index contributed by atoms with van der Waals surface area (Å²) in [7, 11) is 1.52. The number of thiazole rings is 1. The van der Waals surface area contributed by atoms with Gasteiger partial charge in [-0.15, -0.1) is 0 Å². The zero-order valence-corrected chi connectivity index (χ0v) is 23.2. The van der Waals surface area contributed by atoms with Gasteiger partial charge >= 0.3 is 0 Å². The maximum absolute atomic E-state index is 14.0. The van der Waals surface area contributed by atoms with Crippen LogP contribution in [0.1, 0.15) is 40.2 Å². The van der Waals surface area contributed by atoms with Crippen LogP contribution < -0.4 is 14.4 Å². The maximum Gasteiger partial charge on any atom is 0.296 e. The molecule has 1 amide bonds. The molecule has 0 bridgehead atoms. The monoisotopic (exact) mass is 554 g/mol. The number of fused-ring (bicyclic) bond motifs is 2. The number of amides is 1. The van der Waals surface area contributed by atoms with Crippen LogP contribution in [0.3, 0.4) is 0 Å². The molecule has 9 heteroatoms. The lowest BCUT2D eigenvalue weighted by molar-refractivity contribution is -0.117. The third kappa shape index (κ3) is 4.10. The van der Waals surface area contributed by atoms with Crippen LogP contribution in [0.15, 0.2) is 76.4 Å². The van der Waals surface area contributed by atoms with Crippen molar-refractivity contribution < 1.29 is 28.6 Å². The molecule has 202 valence electrons. The number of anilines is 1. The quantitative estimate of drug-likeness (QED) is 0.220. The molecule has 6 rings (SSSR count). The average molecular weight is 555 g/mol. The van der Waals surface area contributed by atoms with Gasteiger partial charge in [-0.05, 0) is 67.8 Å². The van der Waals surface area contributed by atoms with Gasteiger partial charge in [0.15, 0.2) is 28.1 Å². The molecule has 3 heterocycles. The number of hydrogen-bond donors (Lipinski definition) is 1. The van der Waals surface area contributed by atoms with Gasteiger partial charge in [-0.2, -0.15) is 0 Å². The predicted octanol–water partition coefficient (Wildman–Crippen LogP) is 6.85. The minimum atomic E-state index is -0.986. The summed E-state index contributed by atoms with van der Waals surface area (Å²) in [5, 5.41) is 12.3. The molecule has 0 unspecified atom stereocenters. The SMILES string of the molecule is CCOc1ccc([C@@H]2C(C(=O)c3cc4ccccc4o3)=C(O)C(=O)N2c2nc3c(C)cc(C)cc3s2)cc1OC. The van der Waals surface area contributed by atoms with Gasteiger partial charge in [0.2, 0.25) is 5.78 Å². The van der Waals surface area contributed by atoms with Crippen molar-refractivity contribution in [1.29, 1.82) is 0 Å². The summed E-state index contributed by atoms with van der Waals surface area (Å²) >= 11 is 1.33. The van der Waals surface area contributed by atoms with Gasteiger partial charge in [0.05, 0.1) is 35.5 Å². The number of aliphatic hydroxyl groups is 1. The Morgan fingerprint density at radius 3 is 2.65 bits per heavy atom. The van der Waals surface area contributed by atoms with Gasteiger partial charge in [0.1, 0.15) is 5.58 Å². The lowest BCUT2D eigenvalue weighted by Crippen LogP contribution is -2.31. The number of hydrogen-bond acceptors (Lipinski definition) is 8. The Labute approximate surface area is 234 Å². The fraction of sp³-hybridized carbons (Fsp3) is 0.194. The van der Waals surface area contributed by atoms with Crippen molar-refractivity contribution >= 4 is 49.3 Å². The summed E-state index contributed by atoms with van der Waals surface area (Å²) in [6, 6.07) is 17.1. The fourth-order valence-corrected chi connectivity index (χ4v) is 6.34. The molecule has 1 N–H and O–H groups in total. The minimum absolute atomic E-state index is 0.0241. The first kappa shape index (κ1) is 25.6. The van der Waals surface area contributed by atoms with E-state index in [0.717, 1.165) is 26.7 Å². The number of carbonyl (C=O) groups is 2. The molecule has 0 fully saturated rings. The Balaban J connectivity index is 1.53. The Bertz CT molecular complexity index is 1820. The third-order valence-electron chi connectivity index (χ3n) is 6.93. The van der Waals surface area contributed by atoms with Crippen molar-refractivity contribution in [2.75, 3.05) is 18.6 Å². The largest absolute Gasteiger partial charge is 0.503 e. The van der Waals surface area contributed by atoms with E-state index in [0.29, 0.717) is 34.4 Å². The standard InChI is InChI=1S/C31H26N2O6S/c1-5-38-21-11-10-19(15-22(21)37-4)27-25(28(34)23-14-18-8-6-7-9-20(18)39-23)29(35)30(36)33(27)31-32-26-17(3)12-16(2)13-24(26)40-31/h6-15,27,35H,5H2,1-4H3/t27-/m1/s1. The Morgan fingerprint density at radius 1 is 1.10 bits per heavy atom. The van der Waals surface area contributed by atoms with E-state index in [1.807, 2.05) is 51.1 Å². The second-order valence-corrected chi connectivity index (χ2v) is 10.6. The van der Waals surface area contributed by atoms with Crippen LogP contribution in [-0.4, -0.2) is 35.5 Å². The number of benzene rings is 3. The lowest BCUT2D eigenvalue weighted by atomic mass is 9.95. The number of rotatable bonds is 7. The Hall–Kier alpha value is -4.63. The summed E-state index contributed by atoms with van der Waals surface area (Å²) in [5.41, 5.74) is 3.79. The molecule has 0 spiro atoms. The highest BCUT2D eigenvalue weighted by molar-refractivity contribution is 7.22. The van der Waals surface area contributed by atoms with Gasteiger partial charge in [-0.25, -0.2) is 4.98 Å². The number of ketones is 1. The Kier molecular flexibility index (Phi) is 6.31. The molecule has 0 aliphatic carbocycles. The number of aromatic nitrogens is 1. The van der Waals surface area contributed by atoms with E-state index in [1.165, 1.54) is 23.3 Å². The van der Waals surface area contributed by atoms with E-state index < -0.39 is 23.5 Å². The molecule has 1 aliphatic heterocycles. The van der Waals surface area contributed by atoms with E-state index in [1.54, 1.807) is 30.3 Å². The first-order valence-corrected chi connectivity index (χ1v) is 13.6. The smallest absolute Gasteiger partial charge is 0.296 e. The van der Waals surface area contributed by atoms with E-state index in [2.05, 4.69) is 0 Å². The second-order valence-electron chi connectivity index (χ2n) is 9.59. The molecule has 0 saturated carbocycles. The van der Waals surface area contributed by atoms with E-state index in [9.17, 15) is 14.7 Å². The van der Waals surface area contributed by atoms with Crippen molar-refractivity contribution in [2.24, 2.45) is 0 Å². The first-order chi connectivity index (χ1) is 19.3. The van der Waals surface area contributed by atoms with Crippen molar-refractivity contribution in [3.63, 3.8) is 0 Å². The van der Waals surface area contributed by atoms with Gasteiger partial charge in [-0.3, -0.25) is 14.5 Å². The van der Waals surface area contributed by atoms with Crippen molar-refractivity contribution in [1.82, 2.24) is 4.98 Å². The van der Waals surface area contributed by atoms with Crippen molar-refractivity contribution in [2.45, 2.75) is 26.8 Å². The molecule has 40 heavy (non-hydrogen) atoms. The van der Waals surface area contributed by atoms with E-state index >= 15 is 0 Å². The molecule has 0 saturated heterocycles. The highest BCUT2D eigenvalue weighted by atomic mass is 32.1.